The molecular weight excluding hydrogens is 182 g/mol. The third-order valence-electron chi connectivity index (χ3n) is 1.82. The molecule has 0 heterocycles. The van der Waals surface area contributed by atoms with Gasteiger partial charge >= 0.3 is 0 Å². The molecule has 3 N–H and O–H groups in total. The molecule has 82 valence electrons. The molecule has 0 aromatic carbocycles. The zero-order valence-electron chi connectivity index (χ0n) is 8.62. The Morgan fingerprint density at radius 3 is 2.71 bits per heavy atom. The molecule has 1 unspecified atom stereocenters. The van der Waals surface area contributed by atoms with Gasteiger partial charge in [0.05, 0.1) is 0 Å². The quantitative estimate of drug-likeness (QED) is 0.416. The lowest BCUT2D eigenvalue weighted by molar-refractivity contribution is -0.120. The maximum atomic E-state index is 11.3. The van der Waals surface area contributed by atoms with Crippen molar-refractivity contribution in [2.45, 2.75) is 38.8 Å². The Kier molecular flexibility index (Phi) is 7.06. The molecule has 4 nitrogen and oxygen atoms in total. The van der Waals surface area contributed by atoms with Gasteiger partial charge in [0.15, 0.2) is 0 Å². The Balaban J connectivity index is 3.77. The fourth-order valence-electron chi connectivity index (χ4n) is 1.00. The number of hydrogen-bond acceptors (Lipinski definition) is 3. The molecule has 0 bridgehead atoms. The number of hydrogen-bond donors (Lipinski definition) is 3. The minimum Gasteiger partial charge on any atom is -0.396 e. The van der Waals surface area contributed by atoms with Crippen molar-refractivity contribution in [3.63, 3.8) is 0 Å². The highest BCUT2D eigenvalue weighted by molar-refractivity contribution is 5.92. The van der Waals surface area contributed by atoms with Gasteiger partial charge in [0, 0.05) is 12.2 Å². The van der Waals surface area contributed by atoms with Gasteiger partial charge in [-0.05, 0) is 19.3 Å². The third-order valence-corrected chi connectivity index (χ3v) is 1.82. The number of carbonyl (C=O) groups excluding carboxylic acids is 1. The van der Waals surface area contributed by atoms with Crippen LogP contribution in [0.2, 0.25) is 0 Å². The fraction of sp³-hybridized carbons (Fsp3) is 0.700. The highest BCUT2D eigenvalue weighted by atomic mass is 16.3. The Labute approximate surface area is 84.6 Å². The number of carbonyl (C=O) groups is 1. The summed E-state index contributed by atoms with van der Waals surface area (Å²) in [6.07, 6.45) is 1.54. The van der Waals surface area contributed by atoms with E-state index in [2.05, 4.69) is 11.9 Å². The zero-order chi connectivity index (χ0) is 11.0. The van der Waals surface area contributed by atoms with Crippen LogP contribution in [0.1, 0.15) is 32.6 Å². The Bertz CT molecular complexity index is 192. The maximum absolute atomic E-state index is 11.3. The van der Waals surface area contributed by atoms with Gasteiger partial charge in [-0.1, -0.05) is 19.9 Å². The molecule has 0 aliphatic heterocycles. The number of rotatable bonds is 7. The van der Waals surface area contributed by atoms with Crippen molar-refractivity contribution in [2.24, 2.45) is 0 Å². The van der Waals surface area contributed by atoms with E-state index in [0.29, 0.717) is 24.8 Å². The van der Waals surface area contributed by atoms with Crippen LogP contribution in [0.5, 0.6) is 0 Å². The molecule has 0 aromatic heterocycles. The lowest BCUT2D eigenvalue weighted by Crippen LogP contribution is -2.35. The second-order valence-electron chi connectivity index (χ2n) is 3.21. The van der Waals surface area contributed by atoms with E-state index in [0.717, 1.165) is 6.42 Å². The van der Waals surface area contributed by atoms with E-state index in [1.807, 2.05) is 6.92 Å². The number of amides is 1. The van der Waals surface area contributed by atoms with Crippen molar-refractivity contribution in [3.05, 3.63) is 12.2 Å². The monoisotopic (exact) mass is 201 g/mol. The summed E-state index contributed by atoms with van der Waals surface area (Å²) in [7, 11) is 0. The minimum atomic E-state index is -0.793. The molecule has 0 radical (unpaired) electrons. The average Bonchev–Trinajstić information content (AvgIpc) is 2.14. The van der Waals surface area contributed by atoms with Crippen LogP contribution in [0, 0.1) is 0 Å². The summed E-state index contributed by atoms with van der Waals surface area (Å²) in [6.45, 7) is 5.54. The molecule has 0 spiro atoms. The van der Waals surface area contributed by atoms with Crippen LogP contribution in [-0.2, 0) is 4.79 Å². The normalized spacial score (nSPS) is 12.2. The van der Waals surface area contributed by atoms with E-state index < -0.39 is 6.23 Å². The van der Waals surface area contributed by atoms with Gasteiger partial charge in [0.1, 0.15) is 6.23 Å². The van der Waals surface area contributed by atoms with Crippen LogP contribution in [0.3, 0.4) is 0 Å². The second-order valence-corrected chi connectivity index (χ2v) is 3.21. The highest BCUT2D eigenvalue weighted by Gasteiger charge is 2.10. The molecule has 0 saturated carbocycles. The molecule has 1 atom stereocenters. The van der Waals surface area contributed by atoms with Crippen molar-refractivity contribution in [1.82, 2.24) is 5.32 Å². The van der Waals surface area contributed by atoms with Gasteiger partial charge in [0.2, 0.25) is 5.91 Å². The van der Waals surface area contributed by atoms with Crippen molar-refractivity contribution in [2.75, 3.05) is 6.61 Å². The van der Waals surface area contributed by atoms with Gasteiger partial charge in [-0.3, -0.25) is 4.79 Å². The Morgan fingerprint density at radius 2 is 2.21 bits per heavy atom. The summed E-state index contributed by atoms with van der Waals surface area (Å²) in [5.74, 6) is -0.334. The van der Waals surface area contributed by atoms with Crippen LogP contribution >= 0.6 is 0 Å². The molecular formula is C10H19NO3. The van der Waals surface area contributed by atoms with Crippen molar-refractivity contribution >= 4 is 5.91 Å². The molecule has 0 aliphatic rings. The summed E-state index contributed by atoms with van der Waals surface area (Å²) in [4.78, 5) is 11.3. The molecule has 0 rings (SSSR count). The first kappa shape index (κ1) is 13.1. The van der Waals surface area contributed by atoms with Gasteiger partial charge in [-0.25, -0.2) is 0 Å². The SMILES string of the molecule is C=C(CCCO)C(=O)NC(O)CCC. The molecule has 1 amide bonds. The van der Waals surface area contributed by atoms with E-state index in [9.17, 15) is 9.90 Å². The van der Waals surface area contributed by atoms with E-state index >= 15 is 0 Å². The highest BCUT2D eigenvalue weighted by Crippen LogP contribution is 2.02. The van der Waals surface area contributed by atoms with Crippen molar-refractivity contribution in [3.8, 4) is 0 Å². The van der Waals surface area contributed by atoms with Gasteiger partial charge in [-0.15, -0.1) is 0 Å². The average molecular weight is 201 g/mol. The predicted octanol–water partition coefficient (Wildman–Crippen LogP) is 0.550. The predicted molar refractivity (Wildman–Crippen MR) is 54.5 cm³/mol. The van der Waals surface area contributed by atoms with Crippen LogP contribution in [-0.4, -0.2) is 29.0 Å². The van der Waals surface area contributed by atoms with E-state index in [1.54, 1.807) is 0 Å². The van der Waals surface area contributed by atoms with E-state index in [1.165, 1.54) is 0 Å². The number of aliphatic hydroxyl groups is 2. The molecule has 14 heavy (non-hydrogen) atoms. The van der Waals surface area contributed by atoms with E-state index in [-0.39, 0.29) is 12.5 Å². The first-order valence-electron chi connectivity index (χ1n) is 4.89. The summed E-state index contributed by atoms with van der Waals surface area (Å²) >= 11 is 0. The number of nitrogens with one attached hydrogen (secondary N) is 1. The minimum absolute atomic E-state index is 0.0454. The summed E-state index contributed by atoms with van der Waals surface area (Å²) < 4.78 is 0. The van der Waals surface area contributed by atoms with Crippen LogP contribution < -0.4 is 5.32 Å². The fourth-order valence-corrected chi connectivity index (χ4v) is 1.00. The zero-order valence-corrected chi connectivity index (χ0v) is 8.62. The summed E-state index contributed by atoms with van der Waals surface area (Å²) in [6, 6.07) is 0. The summed E-state index contributed by atoms with van der Waals surface area (Å²) in [5.41, 5.74) is 0.397. The van der Waals surface area contributed by atoms with Crippen LogP contribution in [0.4, 0.5) is 0 Å². The van der Waals surface area contributed by atoms with Crippen LogP contribution in [0.25, 0.3) is 0 Å². The summed E-state index contributed by atoms with van der Waals surface area (Å²) in [5, 5.41) is 20.2. The molecule has 0 saturated heterocycles. The Hall–Kier alpha value is -0.870. The first-order valence-corrected chi connectivity index (χ1v) is 4.89. The van der Waals surface area contributed by atoms with Gasteiger partial charge in [0.25, 0.3) is 0 Å². The van der Waals surface area contributed by atoms with Gasteiger partial charge in [-0.2, -0.15) is 0 Å². The first-order chi connectivity index (χ1) is 6.61. The molecule has 4 heteroatoms. The standard InChI is InChI=1S/C10H19NO3/c1-3-5-9(13)11-10(14)8(2)6-4-7-12/h9,12-13H,2-7H2,1H3,(H,11,14). The van der Waals surface area contributed by atoms with Gasteiger partial charge < -0.3 is 15.5 Å². The van der Waals surface area contributed by atoms with E-state index in [4.69, 9.17) is 5.11 Å². The number of aliphatic hydroxyl groups excluding tert-OH is 2. The molecule has 0 fully saturated rings. The second kappa shape index (κ2) is 7.53. The Morgan fingerprint density at radius 1 is 1.57 bits per heavy atom. The largest absolute Gasteiger partial charge is 0.396 e. The third kappa shape index (κ3) is 5.72. The topological polar surface area (TPSA) is 69.6 Å². The van der Waals surface area contributed by atoms with Crippen molar-refractivity contribution < 1.29 is 15.0 Å². The maximum Gasteiger partial charge on any atom is 0.248 e. The molecule has 0 aromatic rings. The smallest absolute Gasteiger partial charge is 0.248 e. The lowest BCUT2D eigenvalue weighted by Gasteiger charge is -2.12. The molecule has 0 aliphatic carbocycles. The van der Waals surface area contributed by atoms with Crippen LogP contribution in [0.15, 0.2) is 12.2 Å². The van der Waals surface area contributed by atoms with Crippen molar-refractivity contribution in [1.29, 1.82) is 0 Å². The lowest BCUT2D eigenvalue weighted by atomic mass is 10.1.